The van der Waals surface area contributed by atoms with E-state index >= 15 is 0 Å². The zero-order valence-corrected chi connectivity index (χ0v) is 19.5. The Bertz CT molecular complexity index is 1100. The summed E-state index contributed by atoms with van der Waals surface area (Å²) in [7, 11) is 0. The van der Waals surface area contributed by atoms with Crippen LogP contribution in [0.15, 0.2) is 59.5 Å². The van der Waals surface area contributed by atoms with Gasteiger partial charge in [-0.25, -0.2) is 4.98 Å². The Balaban J connectivity index is 1.67. The second-order valence-corrected chi connectivity index (χ2v) is 10.6. The summed E-state index contributed by atoms with van der Waals surface area (Å²) in [6, 6.07) is 17.5. The lowest BCUT2D eigenvalue weighted by Crippen LogP contribution is -2.41. The number of thioether (sulfide) groups is 1. The Morgan fingerprint density at radius 3 is 2.31 bits per heavy atom. The fourth-order valence-corrected chi connectivity index (χ4v) is 5.31. The SMILES string of the molecule is CC(C)(Sc1ccc(-c2nc(C(=O)N3CCOCC3)c(-c3ccccc3)s2)cc1)C(=O)O. The minimum atomic E-state index is -0.916. The third kappa shape index (κ3) is 4.87. The summed E-state index contributed by atoms with van der Waals surface area (Å²) in [6.07, 6.45) is 0. The molecular formula is C24H24N2O4S2. The Kier molecular flexibility index (Phi) is 6.64. The molecular weight excluding hydrogens is 444 g/mol. The normalized spacial score (nSPS) is 14.4. The van der Waals surface area contributed by atoms with Crippen LogP contribution in [0.1, 0.15) is 24.3 Å². The van der Waals surface area contributed by atoms with Gasteiger partial charge in [0.1, 0.15) is 15.4 Å². The van der Waals surface area contributed by atoms with Crippen molar-refractivity contribution in [1.29, 1.82) is 0 Å². The number of rotatable bonds is 6. The zero-order valence-electron chi connectivity index (χ0n) is 17.9. The molecule has 1 N–H and O–H groups in total. The number of hydrogen-bond donors (Lipinski definition) is 1. The number of benzene rings is 2. The third-order valence-electron chi connectivity index (χ3n) is 5.15. The third-order valence-corrected chi connectivity index (χ3v) is 7.50. The largest absolute Gasteiger partial charge is 0.480 e. The van der Waals surface area contributed by atoms with Gasteiger partial charge in [-0.05, 0) is 31.5 Å². The van der Waals surface area contributed by atoms with Gasteiger partial charge in [0.05, 0.1) is 18.1 Å². The van der Waals surface area contributed by atoms with Gasteiger partial charge in [-0.2, -0.15) is 0 Å². The maximum absolute atomic E-state index is 13.3. The maximum atomic E-state index is 13.3. The molecule has 1 aromatic heterocycles. The lowest BCUT2D eigenvalue weighted by Gasteiger charge is -2.26. The first kappa shape index (κ1) is 22.5. The van der Waals surface area contributed by atoms with Crippen molar-refractivity contribution in [2.24, 2.45) is 0 Å². The van der Waals surface area contributed by atoms with Crippen LogP contribution >= 0.6 is 23.1 Å². The van der Waals surface area contributed by atoms with Crippen LogP contribution < -0.4 is 0 Å². The molecule has 0 bridgehead atoms. The quantitative estimate of drug-likeness (QED) is 0.518. The number of carboxylic acids is 1. The summed E-state index contributed by atoms with van der Waals surface area (Å²) in [5.74, 6) is -0.935. The lowest BCUT2D eigenvalue weighted by atomic mass is 10.1. The summed E-state index contributed by atoms with van der Waals surface area (Å²) >= 11 is 2.79. The fourth-order valence-electron chi connectivity index (χ4n) is 3.29. The van der Waals surface area contributed by atoms with E-state index in [2.05, 4.69) is 0 Å². The first-order valence-electron chi connectivity index (χ1n) is 10.3. The van der Waals surface area contributed by atoms with Gasteiger partial charge in [0.15, 0.2) is 0 Å². The summed E-state index contributed by atoms with van der Waals surface area (Å²) in [5, 5.41) is 10.1. The van der Waals surface area contributed by atoms with Gasteiger partial charge in [-0.1, -0.05) is 42.5 Å². The standard InChI is InChI=1S/C24H24N2O4S2/c1-24(2,23(28)29)32-18-10-8-17(9-11-18)21-25-19(22(27)26-12-14-30-15-13-26)20(31-21)16-6-4-3-5-7-16/h3-11H,12-15H2,1-2H3,(H,28,29). The predicted octanol–water partition coefficient (Wildman–Crippen LogP) is 4.90. The van der Waals surface area contributed by atoms with Crippen LogP contribution in [0.2, 0.25) is 0 Å². The molecule has 1 aliphatic rings. The molecule has 2 heterocycles. The van der Waals surface area contributed by atoms with Crippen molar-refractivity contribution in [2.45, 2.75) is 23.5 Å². The van der Waals surface area contributed by atoms with Crippen LogP contribution in [0, 0.1) is 0 Å². The van der Waals surface area contributed by atoms with Crippen molar-refractivity contribution >= 4 is 35.0 Å². The lowest BCUT2D eigenvalue weighted by molar-refractivity contribution is -0.138. The van der Waals surface area contributed by atoms with Gasteiger partial charge in [0.2, 0.25) is 0 Å². The molecule has 166 valence electrons. The van der Waals surface area contributed by atoms with Gasteiger partial charge in [-0.3, -0.25) is 9.59 Å². The highest BCUT2D eigenvalue weighted by atomic mass is 32.2. The molecule has 8 heteroatoms. The second-order valence-electron chi connectivity index (χ2n) is 7.91. The number of aromatic nitrogens is 1. The van der Waals surface area contributed by atoms with Gasteiger partial charge in [-0.15, -0.1) is 23.1 Å². The monoisotopic (exact) mass is 468 g/mol. The van der Waals surface area contributed by atoms with Gasteiger partial charge in [0, 0.05) is 23.5 Å². The Hall–Kier alpha value is -2.68. The van der Waals surface area contributed by atoms with Gasteiger partial charge < -0.3 is 14.7 Å². The average Bonchev–Trinajstić information content (AvgIpc) is 3.25. The summed E-state index contributed by atoms with van der Waals surface area (Å²) in [4.78, 5) is 32.9. The first-order chi connectivity index (χ1) is 15.3. The molecule has 0 spiro atoms. The van der Waals surface area contributed by atoms with E-state index < -0.39 is 10.7 Å². The van der Waals surface area contributed by atoms with Crippen molar-refractivity contribution in [2.75, 3.05) is 26.3 Å². The molecule has 1 saturated heterocycles. The topological polar surface area (TPSA) is 79.7 Å². The summed E-state index contributed by atoms with van der Waals surface area (Å²) in [6.45, 7) is 5.57. The van der Waals surface area contributed by atoms with E-state index in [0.717, 1.165) is 25.9 Å². The van der Waals surface area contributed by atoms with Crippen molar-refractivity contribution < 1.29 is 19.4 Å². The van der Waals surface area contributed by atoms with Gasteiger partial charge >= 0.3 is 5.97 Å². The smallest absolute Gasteiger partial charge is 0.319 e. The number of carbonyl (C=O) groups excluding carboxylic acids is 1. The van der Waals surface area contributed by atoms with E-state index in [1.807, 2.05) is 54.6 Å². The molecule has 0 unspecified atom stereocenters. The highest BCUT2D eigenvalue weighted by molar-refractivity contribution is 8.01. The van der Waals surface area contributed by atoms with Crippen molar-refractivity contribution in [1.82, 2.24) is 9.88 Å². The molecule has 6 nitrogen and oxygen atoms in total. The van der Waals surface area contributed by atoms with E-state index in [1.165, 1.54) is 23.1 Å². The molecule has 0 radical (unpaired) electrons. The van der Waals surface area contributed by atoms with Crippen LogP contribution in [0.25, 0.3) is 21.0 Å². The molecule has 0 atom stereocenters. The summed E-state index contributed by atoms with van der Waals surface area (Å²) < 4.78 is 4.47. The van der Waals surface area contributed by atoms with Crippen LogP contribution in [0.3, 0.4) is 0 Å². The minimum absolute atomic E-state index is 0.0787. The van der Waals surface area contributed by atoms with Crippen molar-refractivity contribution in [3.05, 3.63) is 60.3 Å². The summed E-state index contributed by atoms with van der Waals surface area (Å²) in [5.41, 5.74) is 2.32. The Labute approximate surface area is 195 Å². The van der Waals surface area contributed by atoms with Crippen LogP contribution in [0.4, 0.5) is 0 Å². The number of ether oxygens (including phenoxy) is 1. The van der Waals surface area contributed by atoms with Crippen molar-refractivity contribution in [3.63, 3.8) is 0 Å². The minimum Gasteiger partial charge on any atom is -0.480 e. The fraction of sp³-hybridized carbons (Fsp3) is 0.292. The van der Waals surface area contributed by atoms with Crippen LogP contribution in [-0.4, -0.2) is 57.9 Å². The molecule has 3 aromatic rings. The second kappa shape index (κ2) is 9.44. The number of amides is 1. The molecule has 32 heavy (non-hydrogen) atoms. The predicted molar refractivity (Wildman–Crippen MR) is 127 cm³/mol. The number of hydrogen-bond acceptors (Lipinski definition) is 6. The van der Waals surface area contributed by atoms with E-state index in [1.54, 1.807) is 18.7 Å². The van der Waals surface area contributed by atoms with Crippen LogP contribution in [0.5, 0.6) is 0 Å². The van der Waals surface area contributed by atoms with E-state index in [0.29, 0.717) is 32.0 Å². The molecule has 1 fully saturated rings. The molecule has 4 rings (SSSR count). The van der Waals surface area contributed by atoms with Gasteiger partial charge in [0.25, 0.3) is 5.91 Å². The number of nitrogens with zero attached hydrogens (tertiary/aromatic N) is 2. The zero-order chi connectivity index (χ0) is 22.7. The molecule has 0 aliphatic carbocycles. The molecule has 2 aromatic carbocycles. The maximum Gasteiger partial charge on any atom is 0.319 e. The first-order valence-corrected chi connectivity index (χ1v) is 11.9. The number of aliphatic carboxylic acids is 1. The number of thiazole rings is 1. The number of carbonyl (C=O) groups is 2. The number of carboxylic acid groups (broad SMARTS) is 1. The molecule has 1 aliphatic heterocycles. The van der Waals surface area contributed by atoms with E-state index in [4.69, 9.17) is 9.72 Å². The Morgan fingerprint density at radius 2 is 1.69 bits per heavy atom. The molecule has 1 amide bonds. The highest BCUT2D eigenvalue weighted by Crippen LogP contribution is 2.38. The molecule has 0 saturated carbocycles. The Morgan fingerprint density at radius 1 is 1.03 bits per heavy atom. The van der Waals surface area contributed by atoms with E-state index in [-0.39, 0.29) is 5.91 Å². The highest BCUT2D eigenvalue weighted by Gasteiger charge is 2.29. The number of morpholine rings is 1. The van der Waals surface area contributed by atoms with Crippen LogP contribution in [-0.2, 0) is 9.53 Å². The van der Waals surface area contributed by atoms with E-state index in [9.17, 15) is 14.7 Å². The van der Waals surface area contributed by atoms with Crippen molar-refractivity contribution in [3.8, 4) is 21.0 Å². The average molecular weight is 469 g/mol.